The number of benzene rings is 2. The number of hydrogen-bond donors (Lipinski definition) is 1. The van der Waals surface area contributed by atoms with Crippen molar-refractivity contribution >= 4 is 21.6 Å². The van der Waals surface area contributed by atoms with Crippen molar-refractivity contribution in [1.29, 1.82) is 0 Å². The van der Waals surface area contributed by atoms with E-state index in [2.05, 4.69) is 5.32 Å². The van der Waals surface area contributed by atoms with Gasteiger partial charge in [0.25, 0.3) is 0 Å². The molecule has 0 bridgehead atoms. The highest BCUT2D eigenvalue weighted by molar-refractivity contribution is 7.89. The summed E-state index contributed by atoms with van der Waals surface area (Å²) in [4.78, 5) is 12.3. The van der Waals surface area contributed by atoms with Crippen LogP contribution in [0.15, 0.2) is 53.4 Å². The third kappa shape index (κ3) is 4.51. The molecule has 0 aliphatic carbocycles. The van der Waals surface area contributed by atoms with Crippen molar-refractivity contribution in [2.75, 3.05) is 11.9 Å². The smallest absolute Gasteiger partial charge is 0.243 e. The van der Waals surface area contributed by atoms with Crippen LogP contribution < -0.4 is 5.32 Å². The molecular weight excluding hydrogens is 374 g/mol. The number of piperidine rings is 1. The number of hydrogen-bond acceptors (Lipinski definition) is 3. The molecule has 0 spiro atoms. The fourth-order valence-electron chi connectivity index (χ4n) is 3.21. The van der Waals surface area contributed by atoms with E-state index in [-0.39, 0.29) is 23.5 Å². The van der Waals surface area contributed by atoms with Crippen molar-refractivity contribution in [1.82, 2.24) is 4.31 Å². The van der Waals surface area contributed by atoms with Crippen LogP contribution in [-0.4, -0.2) is 31.2 Å². The number of nitrogens with zero attached hydrogens (tertiary/aromatic N) is 1. The van der Waals surface area contributed by atoms with Crippen molar-refractivity contribution in [3.05, 3.63) is 60.2 Å². The molecule has 1 atom stereocenters. The lowest BCUT2D eigenvalue weighted by molar-refractivity contribution is -0.117. The third-order valence-corrected chi connectivity index (χ3v) is 6.53. The molecular formula is C19H20F2N2O3S. The van der Waals surface area contributed by atoms with Gasteiger partial charge in [0.15, 0.2) is 0 Å². The maximum absolute atomic E-state index is 13.7. The summed E-state index contributed by atoms with van der Waals surface area (Å²) in [6.07, 6.45) is 1.94. The maximum atomic E-state index is 13.7. The molecule has 1 fully saturated rings. The van der Waals surface area contributed by atoms with E-state index in [0.717, 1.165) is 18.6 Å². The van der Waals surface area contributed by atoms with Gasteiger partial charge in [-0.05, 0) is 49.2 Å². The molecule has 1 aliphatic rings. The maximum Gasteiger partial charge on any atom is 0.243 e. The Hall–Kier alpha value is -2.32. The molecule has 27 heavy (non-hydrogen) atoms. The normalized spacial score (nSPS) is 18.2. The van der Waals surface area contributed by atoms with Crippen molar-refractivity contribution in [3.8, 4) is 0 Å². The first-order chi connectivity index (χ1) is 12.9. The minimum atomic E-state index is -3.84. The Morgan fingerprint density at radius 1 is 1.07 bits per heavy atom. The SMILES string of the molecule is O=C(CC1CCCCN1S(=O)(=O)c1ccc(F)cc1)Nc1ccccc1F. The minimum absolute atomic E-state index is 0.00897. The second-order valence-electron chi connectivity index (χ2n) is 6.45. The van der Waals surface area contributed by atoms with Crippen molar-refractivity contribution in [3.63, 3.8) is 0 Å². The second-order valence-corrected chi connectivity index (χ2v) is 8.34. The fourth-order valence-corrected chi connectivity index (χ4v) is 4.91. The molecule has 5 nitrogen and oxygen atoms in total. The zero-order valence-electron chi connectivity index (χ0n) is 14.6. The van der Waals surface area contributed by atoms with E-state index >= 15 is 0 Å². The summed E-state index contributed by atoms with van der Waals surface area (Å²) in [6.45, 7) is 0.289. The molecule has 1 amide bonds. The number of rotatable bonds is 5. The monoisotopic (exact) mass is 394 g/mol. The van der Waals surface area contributed by atoms with E-state index in [4.69, 9.17) is 0 Å². The molecule has 1 saturated heterocycles. The van der Waals surface area contributed by atoms with Crippen LogP contribution in [0.25, 0.3) is 0 Å². The molecule has 1 N–H and O–H groups in total. The first-order valence-corrected chi connectivity index (χ1v) is 10.1. The fraction of sp³-hybridized carbons (Fsp3) is 0.316. The Bertz CT molecular complexity index is 917. The molecule has 0 aromatic heterocycles. The lowest BCUT2D eigenvalue weighted by Gasteiger charge is -2.34. The van der Waals surface area contributed by atoms with Gasteiger partial charge >= 0.3 is 0 Å². The zero-order valence-corrected chi connectivity index (χ0v) is 15.4. The van der Waals surface area contributed by atoms with Gasteiger partial charge in [-0.3, -0.25) is 4.79 Å². The molecule has 2 aromatic carbocycles. The molecule has 144 valence electrons. The summed E-state index contributed by atoms with van der Waals surface area (Å²) >= 11 is 0. The lowest BCUT2D eigenvalue weighted by atomic mass is 10.0. The summed E-state index contributed by atoms with van der Waals surface area (Å²) < 4.78 is 53.9. The summed E-state index contributed by atoms with van der Waals surface area (Å²) in [7, 11) is -3.84. The number of anilines is 1. The van der Waals surface area contributed by atoms with E-state index in [0.29, 0.717) is 12.8 Å². The first kappa shape index (κ1) is 19.4. The van der Waals surface area contributed by atoms with Gasteiger partial charge < -0.3 is 5.32 Å². The van der Waals surface area contributed by atoms with Gasteiger partial charge in [-0.15, -0.1) is 0 Å². The Balaban J connectivity index is 1.76. The standard InChI is InChI=1S/C19H20F2N2O3S/c20-14-8-10-16(11-9-14)27(25,26)23-12-4-3-5-15(23)13-19(24)22-18-7-2-1-6-17(18)21/h1-2,6-11,15H,3-5,12-13H2,(H,22,24). The van der Waals surface area contributed by atoms with Crippen LogP contribution in [0.2, 0.25) is 0 Å². The summed E-state index contributed by atoms with van der Waals surface area (Å²) in [6, 6.07) is 9.90. The predicted octanol–water partition coefficient (Wildman–Crippen LogP) is 3.54. The second kappa shape index (κ2) is 8.14. The topological polar surface area (TPSA) is 66.5 Å². The molecule has 8 heteroatoms. The van der Waals surface area contributed by atoms with Crippen LogP contribution in [0.4, 0.5) is 14.5 Å². The van der Waals surface area contributed by atoms with Crippen LogP contribution in [0, 0.1) is 11.6 Å². The number of para-hydroxylation sites is 1. The van der Waals surface area contributed by atoms with E-state index in [1.54, 1.807) is 6.07 Å². The van der Waals surface area contributed by atoms with Crippen molar-refractivity contribution < 1.29 is 22.0 Å². The van der Waals surface area contributed by atoms with Crippen LogP contribution in [0.5, 0.6) is 0 Å². The van der Waals surface area contributed by atoms with Gasteiger partial charge in [0.05, 0.1) is 10.6 Å². The Morgan fingerprint density at radius 2 is 1.78 bits per heavy atom. The number of nitrogens with one attached hydrogen (secondary N) is 1. The first-order valence-electron chi connectivity index (χ1n) is 8.70. The van der Waals surface area contributed by atoms with Gasteiger partial charge in [0, 0.05) is 19.0 Å². The summed E-state index contributed by atoms with van der Waals surface area (Å²) in [5.41, 5.74) is 0.0613. The van der Waals surface area contributed by atoms with E-state index in [1.807, 2.05) is 0 Å². The lowest BCUT2D eigenvalue weighted by Crippen LogP contribution is -2.45. The average molecular weight is 394 g/mol. The zero-order chi connectivity index (χ0) is 19.4. The van der Waals surface area contributed by atoms with Gasteiger partial charge in [-0.2, -0.15) is 4.31 Å². The van der Waals surface area contributed by atoms with Gasteiger partial charge in [0.1, 0.15) is 11.6 Å². The van der Waals surface area contributed by atoms with Crippen LogP contribution in [0.1, 0.15) is 25.7 Å². The Morgan fingerprint density at radius 3 is 2.48 bits per heavy atom. The van der Waals surface area contributed by atoms with E-state index in [9.17, 15) is 22.0 Å². The van der Waals surface area contributed by atoms with Crippen molar-refractivity contribution in [2.45, 2.75) is 36.6 Å². The van der Waals surface area contributed by atoms with Gasteiger partial charge in [-0.25, -0.2) is 17.2 Å². The number of sulfonamides is 1. The van der Waals surface area contributed by atoms with Gasteiger partial charge in [0.2, 0.25) is 15.9 Å². The molecule has 1 unspecified atom stereocenters. The quantitative estimate of drug-likeness (QED) is 0.844. The van der Waals surface area contributed by atoms with E-state index in [1.165, 1.54) is 34.6 Å². The van der Waals surface area contributed by atoms with Crippen molar-refractivity contribution in [2.24, 2.45) is 0 Å². The summed E-state index contributed by atoms with van der Waals surface area (Å²) in [5, 5.41) is 2.49. The molecule has 3 rings (SSSR count). The van der Waals surface area contributed by atoms with Crippen LogP contribution in [0.3, 0.4) is 0 Å². The Kier molecular flexibility index (Phi) is 5.86. The summed E-state index contributed by atoms with van der Waals surface area (Å²) in [5.74, 6) is -1.52. The third-order valence-electron chi connectivity index (χ3n) is 4.56. The van der Waals surface area contributed by atoms with Gasteiger partial charge in [-0.1, -0.05) is 18.6 Å². The average Bonchev–Trinajstić information content (AvgIpc) is 2.64. The highest BCUT2D eigenvalue weighted by atomic mass is 32.2. The largest absolute Gasteiger partial charge is 0.324 e. The Labute approximate surface area is 157 Å². The number of carbonyl (C=O) groups excluding carboxylic acids is 1. The molecule has 0 radical (unpaired) electrons. The number of carbonyl (C=O) groups is 1. The molecule has 1 heterocycles. The molecule has 1 aliphatic heterocycles. The molecule has 2 aromatic rings. The number of amides is 1. The van der Waals surface area contributed by atoms with E-state index < -0.39 is 33.6 Å². The number of halogens is 2. The highest BCUT2D eigenvalue weighted by Gasteiger charge is 2.34. The highest BCUT2D eigenvalue weighted by Crippen LogP contribution is 2.27. The van der Waals surface area contributed by atoms with Crippen LogP contribution >= 0.6 is 0 Å². The van der Waals surface area contributed by atoms with Crippen LogP contribution in [-0.2, 0) is 14.8 Å². The predicted molar refractivity (Wildman–Crippen MR) is 97.6 cm³/mol. The molecule has 0 saturated carbocycles. The minimum Gasteiger partial charge on any atom is -0.324 e.